The van der Waals surface area contributed by atoms with Crippen LogP contribution in [0.1, 0.15) is 23.2 Å². The number of aromatic nitrogens is 1. The number of halogens is 1. The standard InChI is InChI=1S/C13H15ClN4O/c1-18-6-3-13(9-15,4-7-18)17-12(19)10-2-5-16-8-11(10)14/h2,5,8H,3-4,6-7H2,1H3,(H,17,19). The summed E-state index contributed by atoms with van der Waals surface area (Å²) in [5, 5.41) is 12.5. The lowest BCUT2D eigenvalue weighted by molar-refractivity contribution is 0.0882. The molecule has 100 valence electrons. The molecule has 1 amide bonds. The van der Waals surface area contributed by atoms with E-state index in [4.69, 9.17) is 11.6 Å². The Morgan fingerprint density at radius 2 is 2.26 bits per heavy atom. The predicted molar refractivity (Wildman–Crippen MR) is 71.8 cm³/mol. The highest BCUT2D eigenvalue weighted by Gasteiger charge is 2.35. The van der Waals surface area contributed by atoms with Gasteiger partial charge in [0, 0.05) is 25.5 Å². The molecule has 0 aromatic carbocycles. The van der Waals surface area contributed by atoms with Crippen molar-refractivity contribution < 1.29 is 4.79 Å². The van der Waals surface area contributed by atoms with Crippen molar-refractivity contribution in [1.29, 1.82) is 5.26 Å². The number of nitriles is 1. The van der Waals surface area contributed by atoms with E-state index in [9.17, 15) is 10.1 Å². The molecule has 2 heterocycles. The van der Waals surface area contributed by atoms with Crippen molar-refractivity contribution >= 4 is 17.5 Å². The third kappa shape index (κ3) is 3.03. The first-order chi connectivity index (χ1) is 9.06. The molecule has 0 saturated carbocycles. The minimum absolute atomic E-state index is 0.293. The molecule has 1 saturated heterocycles. The summed E-state index contributed by atoms with van der Waals surface area (Å²) in [6, 6.07) is 3.79. The molecule has 6 heteroatoms. The number of carbonyl (C=O) groups excluding carboxylic acids is 1. The van der Waals surface area contributed by atoms with Gasteiger partial charge in [-0.2, -0.15) is 5.26 Å². The Kier molecular flexibility index (Phi) is 4.03. The van der Waals surface area contributed by atoms with Crippen LogP contribution >= 0.6 is 11.6 Å². The maximum absolute atomic E-state index is 12.2. The molecule has 1 aliphatic heterocycles. The molecule has 0 bridgehead atoms. The van der Waals surface area contributed by atoms with Crippen LogP contribution in [-0.2, 0) is 0 Å². The zero-order valence-corrected chi connectivity index (χ0v) is 11.4. The number of hydrogen-bond acceptors (Lipinski definition) is 4. The van der Waals surface area contributed by atoms with Gasteiger partial charge in [-0.25, -0.2) is 0 Å². The smallest absolute Gasteiger partial charge is 0.254 e. The lowest BCUT2D eigenvalue weighted by Crippen LogP contribution is -2.53. The molecule has 0 radical (unpaired) electrons. The van der Waals surface area contributed by atoms with Crippen LogP contribution in [0.4, 0.5) is 0 Å². The number of nitrogens with zero attached hydrogens (tertiary/aromatic N) is 3. The number of carbonyl (C=O) groups is 1. The molecule has 0 aliphatic carbocycles. The summed E-state index contributed by atoms with van der Waals surface area (Å²) in [6.45, 7) is 1.58. The van der Waals surface area contributed by atoms with Crippen molar-refractivity contribution in [3.8, 4) is 6.07 Å². The molecule has 1 aliphatic rings. The number of pyridine rings is 1. The summed E-state index contributed by atoms with van der Waals surface area (Å²) in [5.41, 5.74) is -0.443. The lowest BCUT2D eigenvalue weighted by atomic mass is 9.89. The Morgan fingerprint density at radius 1 is 1.58 bits per heavy atom. The van der Waals surface area contributed by atoms with E-state index in [-0.39, 0.29) is 5.91 Å². The molecule has 0 spiro atoms. The molecule has 2 rings (SSSR count). The van der Waals surface area contributed by atoms with E-state index in [2.05, 4.69) is 21.3 Å². The maximum Gasteiger partial charge on any atom is 0.254 e. The molecular formula is C13H15ClN4O. The van der Waals surface area contributed by atoms with Crippen LogP contribution in [0.2, 0.25) is 5.02 Å². The summed E-state index contributed by atoms with van der Waals surface area (Å²) in [4.78, 5) is 18.2. The van der Waals surface area contributed by atoms with Crippen molar-refractivity contribution in [3.05, 3.63) is 29.0 Å². The molecule has 1 fully saturated rings. The second-order valence-corrected chi connectivity index (χ2v) is 5.21. The maximum atomic E-state index is 12.2. The molecule has 1 aromatic heterocycles. The lowest BCUT2D eigenvalue weighted by Gasteiger charge is -2.36. The van der Waals surface area contributed by atoms with E-state index in [0.29, 0.717) is 23.4 Å². The molecule has 19 heavy (non-hydrogen) atoms. The van der Waals surface area contributed by atoms with Gasteiger partial charge >= 0.3 is 0 Å². The SMILES string of the molecule is CN1CCC(C#N)(NC(=O)c2ccncc2Cl)CC1. The summed E-state index contributed by atoms with van der Waals surface area (Å²) in [7, 11) is 2.00. The van der Waals surface area contributed by atoms with Crippen molar-refractivity contribution in [2.24, 2.45) is 0 Å². The molecular weight excluding hydrogens is 264 g/mol. The van der Waals surface area contributed by atoms with Crippen LogP contribution in [0, 0.1) is 11.3 Å². The second-order valence-electron chi connectivity index (χ2n) is 4.81. The zero-order chi connectivity index (χ0) is 13.9. The molecule has 1 N–H and O–H groups in total. The van der Waals surface area contributed by atoms with E-state index in [0.717, 1.165) is 13.1 Å². The first-order valence-corrected chi connectivity index (χ1v) is 6.46. The number of nitrogens with one attached hydrogen (secondary N) is 1. The van der Waals surface area contributed by atoms with Crippen LogP contribution in [-0.4, -0.2) is 41.5 Å². The Morgan fingerprint density at radius 3 is 2.84 bits per heavy atom. The van der Waals surface area contributed by atoms with Crippen LogP contribution in [0.5, 0.6) is 0 Å². The molecule has 0 atom stereocenters. The Hall–Kier alpha value is -1.64. The Balaban J connectivity index is 2.14. The third-order valence-electron chi connectivity index (χ3n) is 3.42. The topological polar surface area (TPSA) is 69.0 Å². The predicted octanol–water partition coefficient (Wildman–Crippen LogP) is 1.45. The van der Waals surface area contributed by atoms with Crippen molar-refractivity contribution in [2.45, 2.75) is 18.4 Å². The summed E-state index contributed by atoms with van der Waals surface area (Å²) < 4.78 is 0. The molecule has 1 aromatic rings. The van der Waals surface area contributed by atoms with E-state index in [1.165, 1.54) is 12.4 Å². The summed E-state index contributed by atoms with van der Waals surface area (Å²) >= 11 is 5.93. The Bertz CT molecular complexity index is 518. The monoisotopic (exact) mass is 278 g/mol. The minimum atomic E-state index is -0.795. The van der Waals surface area contributed by atoms with Gasteiger partial charge in [-0.3, -0.25) is 9.78 Å². The fourth-order valence-corrected chi connectivity index (χ4v) is 2.31. The van der Waals surface area contributed by atoms with E-state index in [1.54, 1.807) is 6.07 Å². The second kappa shape index (κ2) is 5.55. The fourth-order valence-electron chi connectivity index (χ4n) is 2.11. The van der Waals surface area contributed by atoms with Gasteiger partial charge in [0.2, 0.25) is 0 Å². The fraction of sp³-hybridized carbons (Fsp3) is 0.462. The molecule has 5 nitrogen and oxygen atoms in total. The van der Waals surface area contributed by atoms with Crippen LogP contribution < -0.4 is 5.32 Å². The number of rotatable bonds is 2. The number of amides is 1. The Labute approximate surface area is 117 Å². The first kappa shape index (κ1) is 13.8. The highest BCUT2D eigenvalue weighted by molar-refractivity contribution is 6.33. The van der Waals surface area contributed by atoms with Gasteiger partial charge in [-0.05, 0) is 26.0 Å². The molecule has 0 unspecified atom stereocenters. The first-order valence-electron chi connectivity index (χ1n) is 6.08. The number of hydrogen-bond donors (Lipinski definition) is 1. The van der Waals surface area contributed by atoms with Crippen LogP contribution in [0.15, 0.2) is 18.5 Å². The summed E-state index contributed by atoms with van der Waals surface area (Å²) in [6.07, 6.45) is 4.17. The summed E-state index contributed by atoms with van der Waals surface area (Å²) in [5.74, 6) is -0.321. The number of piperidine rings is 1. The van der Waals surface area contributed by atoms with E-state index < -0.39 is 5.54 Å². The van der Waals surface area contributed by atoms with Gasteiger partial charge in [0.15, 0.2) is 0 Å². The van der Waals surface area contributed by atoms with Crippen LogP contribution in [0.3, 0.4) is 0 Å². The van der Waals surface area contributed by atoms with Gasteiger partial charge in [0.25, 0.3) is 5.91 Å². The van der Waals surface area contributed by atoms with Gasteiger partial charge in [-0.15, -0.1) is 0 Å². The van der Waals surface area contributed by atoms with Crippen molar-refractivity contribution in [1.82, 2.24) is 15.2 Å². The van der Waals surface area contributed by atoms with Crippen LogP contribution in [0.25, 0.3) is 0 Å². The van der Waals surface area contributed by atoms with Gasteiger partial charge in [0.05, 0.1) is 16.7 Å². The largest absolute Gasteiger partial charge is 0.334 e. The van der Waals surface area contributed by atoms with Gasteiger partial charge in [0.1, 0.15) is 5.54 Å². The highest BCUT2D eigenvalue weighted by atomic mass is 35.5. The van der Waals surface area contributed by atoms with Crippen molar-refractivity contribution in [3.63, 3.8) is 0 Å². The van der Waals surface area contributed by atoms with E-state index >= 15 is 0 Å². The van der Waals surface area contributed by atoms with Crippen molar-refractivity contribution in [2.75, 3.05) is 20.1 Å². The van der Waals surface area contributed by atoms with Gasteiger partial charge < -0.3 is 10.2 Å². The zero-order valence-electron chi connectivity index (χ0n) is 10.7. The third-order valence-corrected chi connectivity index (χ3v) is 3.73. The number of likely N-dealkylation sites (tertiary alicyclic amines) is 1. The van der Waals surface area contributed by atoms with Gasteiger partial charge in [-0.1, -0.05) is 11.6 Å². The van der Waals surface area contributed by atoms with E-state index in [1.807, 2.05) is 7.05 Å². The normalized spacial score (nSPS) is 18.6. The quantitative estimate of drug-likeness (QED) is 0.889. The minimum Gasteiger partial charge on any atom is -0.334 e. The highest BCUT2D eigenvalue weighted by Crippen LogP contribution is 2.22. The average molecular weight is 279 g/mol. The average Bonchev–Trinajstić information content (AvgIpc) is 2.42.